The van der Waals surface area contributed by atoms with Crippen molar-refractivity contribution in [3.05, 3.63) is 47.0 Å². The SMILES string of the molecule is COc1cc(NCc2ccccc2Cl)cc(OC)c1OC. The van der Waals surface area contributed by atoms with E-state index in [2.05, 4.69) is 5.32 Å². The molecule has 0 amide bonds. The molecule has 0 spiro atoms. The number of ether oxygens (including phenoxy) is 3. The zero-order valence-electron chi connectivity index (χ0n) is 12.3. The maximum Gasteiger partial charge on any atom is 0.203 e. The number of anilines is 1. The lowest BCUT2D eigenvalue weighted by atomic mass is 10.2. The van der Waals surface area contributed by atoms with E-state index in [9.17, 15) is 0 Å². The van der Waals surface area contributed by atoms with Gasteiger partial charge in [0.2, 0.25) is 5.75 Å². The summed E-state index contributed by atoms with van der Waals surface area (Å²) in [6.07, 6.45) is 0. The van der Waals surface area contributed by atoms with Gasteiger partial charge in [-0.15, -0.1) is 0 Å². The van der Waals surface area contributed by atoms with Crippen LogP contribution >= 0.6 is 11.6 Å². The second-order valence-electron chi connectivity index (χ2n) is 4.36. The lowest BCUT2D eigenvalue weighted by Crippen LogP contribution is -2.02. The Hall–Kier alpha value is -2.07. The molecule has 0 atom stereocenters. The number of methoxy groups -OCH3 is 3. The molecule has 0 unspecified atom stereocenters. The Labute approximate surface area is 129 Å². The molecule has 4 nitrogen and oxygen atoms in total. The van der Waals surface area contributed by atoms with Gasteiger partial charge in [-0.05, 0) is 11.6 Å². The molecule has 0 saturated carbocycles. The monoisotopic (exact) mass is 307 g/mol. The first-order valence-electron chi connectivity index (χ1n) is 6.47. The summed E-state index contributed by atoms with van der Waals surface area (Å²) in [6, 6.07) is 11.4. The zero-order valence-corrected chi connectivity index (χ0v) is 13.0. The molecule has 0 aliphatic rings. The van der Waals surface area contributed by atoms with Crippen molar-refractivity contribution in [2.24, 2.45) is 0 Å². The van der Waals surface area contributed by atoms with Crippen molar-refractivity contribution in [1.82, 2.24) is 0 Å². The van der Waals surface area contributed by atoms with Crippen molar-refractivity contribution in [3.63, 3.8) is 0 Å². The van der Waals surface area contributed by atoms with E-state index in [1.165, 1.54) is 0 Å². The average molecular weight is 308 g/mol. The van der Waals surface area contributed by atoms with Crippen molar-refractivity contribution in [3.8, 4) is 17.2 Å². The summed E-state index contributed by atoms with van der Waals surface area (Å²) in [6.45, 7) is 0.609. The van der Waals surface area contributed by atoms with Crippen LogP contribution in [0.1, 0.15) is 5.56 Å². The normalized spacial score (nSPS) is 10.1. The third-order valence-corrected chi connectivity index (χ3v) is 3.47. The Morgan fingerprint density at radius 3 is 2.10 bits per heavy atom. The van der Waals surface area contributed by atoms with Crippen molar-refractivity contribution >= 4 is 17.3 Å². The van der Waals surface area contributed by atoms with Crippen LogP contribution in [0.15, 0.2) is 36.4 Å². The van der Waals surface area contributed by atoms with Crippen molar-refractivity contribution in [1.29, 1.82) is 0 Å². The smallest absolute Gasteiger partial charge is 0.203 e. The van der Waals surface area contributed by atoms with Crippen LogP contribution in [-0.2, 0) is 6.54 Å². The van der Waals surface area contributed by atoms with E-state index in [-0.39, 0.29) is 0 Å². The number of hydrogen-bond acceptors (Lipinski definition) is 4. The molecule has 112 valence electrons. The zero-order chi connectivity index (χ0) is 15.2. The molecule has 0 aliphatic carbocycles. The van der Waals surface area contributed by atoms with Crippen LogP contribution in [0.4, 0.5) is 5.69 Å². The predicted octanol–water partition coefficient (Wildman–Crippen LogP) is 3.98. The Balaban J connectivity index is 2.22. The van der Waals surface area contributed by atoms with E-state index in [1.54, 1.807) is 21.3 Å². The summed E-state index contributed by atoms with van der Waals surface area (Å²) in [5, 5.41) is 4.04. The molecular formula is C16H18ClNO3. The summed E-state index contributed by atoms with van der Waals surface area (Å²) >= 11 is 6.15. The molecule has 21 heavy (non-hydrogen) atoms. The summed E-state index contributed by atoms with van der Waals surface area (Å²) in [7, 11) is 4.77. The minimum absolute atomic E-state index is 0.572. The Kier molecular flexibility index (Phi) is 5.17. The van der Waals surface area contributed by atoms with E-state index >= 15 is 0 Å². The average Bonchev–Trinajstić information content (AvgIpc) is 2.52. The van der Waals surface area contributed by atoms with Gasteiger partial charge in [0.25, 0.3) is 0 Å². The van der Waals surface area contributed by atoms with Gasteiger partial charge in [-0.2, -0.15) is 0 Å². The topological polar surface area (TPSA) is 39.7 Å². The molecule has 5 heteroatoms. The highest BCUT2D eigenvalue weighted by Gasteiger charge is 2.13. The fourth-order valence-electron chi connectivity index (χ4n) is 2.02. The number of halogens is 1. The van der Waals surface area contributed by atoms with E-state index in [0.717, 1.165) is 16.3 Å². The molecular weight excluding hydrogens is 290 g/mol. The molecule has 0 aliphatic heterocycles. The van der Waals surface area contributed by atoms with Crippen molar-refractivity contribution in [2.75, 3.05) is 26.6 Å². The summed E-state index contributed by atoms with van der Waals surface area (Å²) < 4.78 is 15.9. The van der Waals surface area contributed by atoms with Crippen LogP contribution in [0, 0.1) is 0 Å². The quantitative estimate of drug-likeness (QED) is 0.876. The van der Waals surface area contributed by atoms with Crippen LogP contribution in [0.3, 0.4) is 0 Å². The van der Waals surface area contributed by atoms with Gasteiger partial charge in [-0.3, -0.25) is 0 Å². The van der Waals surface area contributed by atoms with Crippen LogP contribution in [0.25, 0.3) is 0 Å². The Morgan fingerprint density at radius 1 is 0.952 bits per heavy atom. The van der Waals surface area contributed by atoms with E-state index in [4.69, 9.17) is 25.8 Å². The minimum Gasteiger partial charge on any atom is -0.493 e. The van der Waals surface area contributed by atoms with Crippen LogP contribution in [0.5, 0.6) is 17.2 Å². The number of nitrogens with one attached hydrogen (secondary N) is 1. The fourth-order valence-corrected chi connectivity index (χ4v) is 2.22. The van der Waals surface area contributed by atoms with E-state index in [1.807, 2.05) is 36.4 Å². The summed E-state index contributed by atoms with van der Waals surface area (Å²) in [5.74, 6) is 1.79. The van der Waals surface area contributed by atoms with Gasteiger partial charge < -0.3 is 19.5 Å². The van der Waals surface area contributed by atoms with Crippen molar-refractivity contribution < 1.29 is 14.2 Å². The number of rotatable bonds is 6. The van der Waals surface area contributed by atoms with Gasteiger partial charge in [0.05, 0.1) is 21.3 Å². The van der Waals surface area contributed by atoms with Crippen molar-refractivity contribution in [2.45, 2.75) is 6.54 Å². The minimum atomic E-state index is 0.572. The highest BCUT2D eigenvalue weighted by Crippen LogP contribution is 2.40. The molecule has 2 aromatic rings. The summed E-state index contributed by atoms with van der Waals surface area (Å²) in [5.41, 5.74) is 1.89. The third-order valence-electron chi connectivity index (χ3n) is 3.11. The molecule has 0 radical (unpaired) electrons. The second kappa shape index (κ2) is 7.09. The first-order valence-corrected chi connectivity index (χ1v) is 6.84. The first kappa shape index (κ1) is 15.3. The highest BCUT2D eigenvalue weighted by molar-refractivity contribution is 6.31. The number of benzene rings is 2. The third kappa shape index (κ3) is 3.52. The Bertz CT molecular complexity index is 591. The standard InChI is InChI=1S/C16H18ClNO3/c1-19-14-8-12(9-15(20-2)16(14)21-3)18-10-11-6-4-5-7-13(11)17/h4-9,18H,10H2,1-3H3. The summed E-state index contributed by atoms with van der Waals surface area (Å²) in [4.78, 5) is 0. The molecule has 0 saturated heterocycles. The molecule has 0 fully saturated rings. The second-order valence-corrected chi connectivity index (χ2v) is 4.77. The molecule has 0 aromatic heterocycles. The van der Waals surface area contributed by atoms with Gasteiger partial charge in [0, 0.05) is 29.4 Å². The Morgan fingerprint density at radius 2 is 1.57 bits per heavy atom. The van der Waals surface area contributed by atoms with E-state index in [0.29, 0.717) is 23.8 Å². The van der Waals surface area contributed by atoms with Crippen LogP contribution in [0.2, 0.25) is 5.02 Å². The van der Waals surface area contributed by atoms with Crippen LogP contribution in [-0.4, -0.2) is 21.3 Å². The molecule has 1 N–H and O–H groups in total. The first-order chi connectivity index (χ1) is 10.2. The largest absolute Gasteiger partial charge is 0.493 e. The molecule has 2 rings (SSSR count). The van der Waals surface area contributed by atoms with Gasteiger partial charge in [-0.25, -0.2) is 0 Å². The van der Waals surface area contributed by atoms with E-state index < -0.39 is 0 Å². The van der Waals surface area contributed by atoms with Gasteiger partial charge >= 0.3 is 0 Å². The van der Waals surface area contributed by atoms with Gasteiger partial charge in [0.15, 0.2) is 11.5 Å². The molecule has 0 bridgehead atoms. The maximum absolute atomic E-state index is 6.15. The lowest BCUT2D eigenvalue weighted by molar-refractivity contribution is 0.324. The van der Waals surface area contributed by atoms with Gasteiger partial charge in [0.1, 0.15) is 0 Å². The van der Waals surface area contributed by atoms with Gasteiger partial charge in [-0.1, -0.05) is 29.8 Å². The number of hydrogen-bond donors (Lipinski definition) is 1. The van der Waals surface area contributed by atoms with Crippen LogP contribution < -0.4 is 19.5 Å². The highest BCUT2D eigenvalue weighted by atomic mass is 35.5. The fraction of sp³-hybridized carbons (Fsp3) is 0.250. The molecule has 2 aromatic carbocycles. The predicted molar refractivity (Wildman–Crippen MR) is 84.9 cm³/mol. The maximum atomic E-state index is 6.15. The molecule has 0 heterocycles. The lowest BCUT2D eigenvalue weighted by Gasteiger charge is -2.15.